The van der Waals surface area contributed by atoms with Crippen molar-refractivity contribution in [3.05, 3.63) is 24.2 Å². The van der Waals surface area contributed by atoms with E-state index < -0.39 is 5.97 Å². The number of amides is 1. The van der Waals surface area contributed by atoms with Gasteiger partial charge in [-0.15, -0.1) is 0 Å². The predicted molar refractivity (Wildman–Crippen MR) is 88.3 cm³/mol. The van der Waals surface area contributed by atoms with Gasteiger partial charge in [0.05, 0.1) is 18.8 Å². The van der Waals surface area contributed by atoms with Gasteiger partial charge in [-0.1, -0.05) is 13.8 Å². The molecule has 6 nitrogen and oxygen atoms in total. The number of hydrogen-bond acceptors (Lipinski definition) is 4. The van der Waals surface area contributed by atoms with Crippen LogP contribution in [0.15, 0.2) is 22.8 Å². The van der Waals surface area contributed by atoms with Crippen LogP contribution in [0.2, 0.25) is 0 Å². The van der Waals surface area contributed by atoms with Gasteiger partial charge in [-0.3, -0.25) is 9.59 Å². The highest BCUT2D eigenvalue weighted by atomic mass is 16.5. The zero-order valence-electron chi connectivity index (χ0n) is 14.4. The molecule has 1 fully saturated rings. The van der Waals surface area contributed by atoms with Crippen molar-refractivity contribution < 1.29 is 23.8 Å². The summed E-state index contributed by atoms with van der Waals surface area (Å²) in [4.78, 5) is 23.5. The lowest BCUT2D eigenvalue weighted by Gasteiger charge is -2.27. The Morgan fingerprint density at radius 1 is 1.25 bits per heavy atom. The molecular formula is C18H27NO5. The number of rotatable bonds is 8. The number of carboxylic acid groups (broad SMARTS) is 1. The van der Waals surface area contributed by atoms with Crippen LogP contribution < -0.4 is 5.32 Å². The van der Waals surface area contributed by atoms with Crippen molar-refractivity contribution in [1.29, 1.82) is 0 Å². The second-order valence-corrected chi connectivity index (χ2v) is 6.89. The van der Waals surface area contributed by atoms with Gasteiger partial charge >= 0.3 is 5.97 Å². The molecule has 1 amide bonds. The Balaban J connectivity index is 1.89. The van der Waals surface area contributed by atoms with Gasteiger partial charge in [0.1, 0.15) is 11.8 Å². The van der Waals surface area contributed by atoms with Gasteiger partial charge in [0.25, 0.3) is 0 Å². The molecule has 0 spiro atoms. The molecule has 2 N–H and O–H groups in total. The van der Waals surface area contributed by atoms with Crippen LogP contribution in [0.1, 0.15) is 51.3 Å². The molecule has 0 radical (unpaired) electrons. The lowest BCUT2D eigenvalue weighted by atomic mass is 9.81. The molecule has 1 heterocycles. The van der Waals surface area contributed by atoms with Crippen molar-refractivity contribution in [2.45, 2.75) is 45.6 Å². The summed E-state index contributed by atoms with van der Waals surface area (Å²) >= 11 is 0. The smallest absolute Gasteiger partial charge is 0.306 e. The minimum Gasteiger partial charge on any atom is -0.481 e. The number of carbonyl (C=O) groups excluding carboxylic acids is 1. The van der Waals surface area contributed by atoms with Crippen LogP contribution in [-0.4, -0.2) is 30.2 Å². The van der Waals surface area contributed by atoms with E-state index in [1.807, 2.05) is 6.07 Å². The van der Waals surface area contributed by atoms with Crippen LogP contribution in [0.25, 0.3) is 0 Å². The fraction of sp³-hybridized carbons (Fsp3) is 0.667. The molecule has 0 saturated heterocycles. The number of furan rings is 1. The minimum atomic E-state index is -0.760. The van der Waals surface area contributed by atoms with Crippen LogP contribution in [0.5, 0.6) is 0 Å². The van der Waals surface area contributed by atoms with Crippen molar-refractivity contribution in [2.24, 2.45) is 17.8 Å². The molecule has 24 heavy (non-hydrogen) atoms. The molecule has 1 atom stereocenters. The normalized spacial score (nSPS) is 22.3. The Kier molecular flexibility index (Phi) is 6.85. The standard InChI is InChI=1S/C18H27NO5/c1-12(2)10-23-11-15(16-4-3-9-24-16)19-17(20)13-5-7-14(8-6-13)18(21)22/h3-4,9,12-15H,5-8,10-11H2,1-2H3,(H,19,20)(H,21,22). The third-order valence-corrected chi connectivity index (χ3v) is 4.39. The van der Waals surface area contributed by atoms with E-state index in [2.05, 4.69) is 19.2 Å². The van der Waals surface area contributed by atoms with Gasteiger partial charge in [-0.25, -0.2) is 0 Å². The molecular weight excluding hydrogens is 310 g/mol. The lowest BCUT2D eigenvalue weighted by Crippen LogP contribution is -2.38. The van der Waals surface area contributed by atoms with Crippen LogP contribution in [-0.2, 0) is 14.3 Å². The first kappa shape index (κ1) is 18.5. The first-order valence-electron chi connectivity index (χ1n) is 8.61. The maximum atomic E-state index is 12.5. The molecule has 1 aliphatic carbocycles. The Hall–Kier alpha value is -1.82. The zero-order chi connectivity index (χ0) is 17.5. The van der Waals surface area contributed by atoms with Crippen molar-refractivity contribution >= 4 is 11.9 Å². The highest BCUT2D eigenvalue weighted by molar-refractivity contribution is 5.79. The Morgan fingerprint density at radius 3 is 2.46 bits per heavy atom. The Morgan fingerprint density at radius 2 is 1.92 bits per heavy atom. The average Bonchev–Trinajstić information content (AvgIpc) is 3.08. The van der Waals surface area contributed by atoms with Gasteiger partial charge in [0.15, 0.2) is 0 Å². The number of hydrogen-bond donors (Lipinski definition) is 2. The summed E-state index contributed by atoms with van der Waals surface area (Å²) in [7, 11) is 0. The highest BCUT2D eigenvalue weighted by Crippen LogP contribution is 2.29. The SMILES string of the molecule is CC(C)COCC(NC(=O)C1CCC(C(=O)O)CC1)c1ccco1. The highest BCUT2D eigenvalue weighted by Gasteiger charge is 2.31. The van der Waals surface area contributed by atoms with Crippen molar-refractivity contribution in [1.82, 2.24) is 5.32 Å². The largest absolute Gasteiger partial charge is 0.481 e. The quantitative estimate of drug-likeness (QED) is 0.761. The molecule has 2 rings (SSSR count). The number of carboxylic acids is 1. The van der Waals surface area contributed by atoms with Gasteiger partial charge in [-0.05, 0) is 43.7 Å². The van der Waals surface area contributed by atoms with Crippen LogP contribution >= 0.6 is 0 Å². The molecule has 0 aliphatic heterocycles. The summed E-state index contributed by atoms with van der Waals surface area (Å²) in [6.45, 7) is 5.13. The van der Waals surface area contributed by atoms with Crippen LogP contribution in [0, 0.1) is 17.8 Å². The summed E-state index contributed by atoms with van der Waals surface area (Å²) in [5.74, 6) is -0.166. The molecule has 1 aliphatic rings. The fourth-order valence-corrected chi connectivity index (χ4v) is 3.00. The second-order valence-electron chi connectivity index (χ2n) is 6.89. The van der Waals surface area contributed by atoms with Gasteiger partial charge in [-0.2, -0.15) is 0 Å². The summed E-state index contributed by atoms with van der Waals surface area (Å²) < 4.78 is 11.1. The second kappa shape index (κ2) is 8.87. The molecule has 6 heteroatoms. The first-order valence-corrected chi connectivity index (χ1v) is 8.61. The van der Waals surface area contributed by atoms with E-state index in [1.165, 1.54) is 0 Å². The summed E-state index contributed by atoms with van der Waals surface area (Å²) in [6, 6.07) is 3.29. The summed E-state index contributed by atoms with van der Waals surface area (Å²) in [5, 5.41) is 12.0. The Labute approximate surface area is 142 Å². The molecule has 1 saturated carbocycles. The number of ether oxygens (including phenoxy) is 1. The molecule has 134 valence electrons. The van der Waals surface area contributed by atoms with Gasteiger partial charge in [0.2, 0.25) is 5.91 Å². The average molecular weight is 337 g/mol. The van der Waals surface area contributed by atoms with Gasteiger partial charge in [0, 0.05) is 12.5 Å². The van der Waals surface area contributed by atoms with E-state index >= 15 is 0 Å². The first-order chi connectivity index (χ1) is 11.5. The monoisotopic (exact) mass is 337 g/mol. The third kappa shape index (κ3) is 5.37. The van der Waals surface area contributed by atoms with Crippen molar-refractivity contribution in [3.8, 4) is 0 Å². The topological polar surface area (TPSA) is 88.8 Å². The van der Waals surface area contributed by atoms with Crippen LogP contribution in [0.3, 0.4) is 0 Å². The van der Waals surface area contributed by atoms with E-state index in [0.29, 0.717) is 50.6 Å². The van der Waals surface area contributed by atoms with E-state index in [0.717, 1.165) is 0 Å². The molecule has 0 aromatic carbocycles. The number of carbonyl (C=O) groups is 2. The number of aliphatic carboxylic acids is 1. The van der Waals surface area contributed by atoms with Gasteiger partial charge < -0.3 is 19.6 Å². The molecule has 0 bridgehead atoms. The maximum absolute atomic E-state index is 12.5. The van der Waals surface area contributed by atoms with Crippen molar-refractivity contribution in [3.63, 3.8) is 0 Å². The molecule has 1 unspecified atom stereocenters. The van der Waals surface area contributed by atoms with Crippen molar-refractivity contribution in [2.75, 3.05) is 13.2 Å². The molecule has 1 aromatic rings. The fourth-order valence-electron chi connectivity index (χ4n) is 3.00. The number of nitrogens with one attached hydrogen (secondary N) is 1. The van der Waals surface area contributed by atoms with E-state index in [-0.39, 0.29) is 23.8 Å². The van der Waals surface area contributed by atoms with E-state index in [9.17, 15) is 9.59 Å². The van der Waals surface area contributed by atoms with Crippen LogP contribution in [0.4, 0.5) is 0 Å². The molecule has 1 aromatic heterocycles. The minimum absolute atomic E-state index is 0.0478. The van der Waals surface area contributed by atoms with E-state index in [1.54, 1.807) is 12.3 Å². The predicted octanol–water partition coefficient (Wildman–Crippen LogP) is 3.00. The maximum Gasteiger partial charge on any atom is 0.306 e. The summed E-state index contributed by atoms with van der Waals surface area (Å²) in [6.07, 6.45) is 3.92. The van der Waals surface area contributed by atoms with E-state index in [4.69, 9.17) is 14.3 Å². The third-order valence-electron chi connectivity index (χ3n) is 4.39. The lowest BCUT2D eigenvalue weighted by molar-refractivity contribution is -0.144. The summed E-state index contributed by atoms with van der Waals surface area (Å²) in [5.41, 5.74) is 0. The zero-order valence-corrected chi connectivity index (χ0v) is 14.4. The Bertz CT molecular complexity index is 518.